The first-order chi connectivity index (χ1) is 11.5. The number of rotatable bonds is 4. The van der Waals surface area contributed by atoms with Crippen molar-refractivity contribution in [1.29, 1.82) is 0 Å². The molecule has 1 amide bonds. The molecule has 1 aromatic heterocycles. The summed E-state index contributed by atoms with van der Waals surface area (Å²) >= 11 is 0. The van der Waals surface area contributed by atoms with Crippen molar-refractivity contribution < 1.29 is 9.18 Å². The molecule has 24 heavy (non-hydrogen) atoms. The van der Waals surface area contributed by atoms with E-state index in [0.717, 1.165) is 30.6 Å². The number of aryl methyl sites for hydroxylation is 1. The number of carbonyl (C=O) groups excluding carboxylic acids is 1. The van der Waals surface area contributed by atoms with Gasteiger partial charge < -0.3 is 11.1 Å². The number of nitrogens with two attached hydrogens (primary N) is 1. The van der Waals surface area contributed by atoms with Gasteiger partial charge in [0.25, 0.3) is 5.91 Å². The lowest BCUT2D eigenvalue weighted by Crippen LogP contribution is -2.40. The summed E-state index contributed by atoms with van der Waals surface area (Å²) < 4.78 is 14.8. The van der Waals surface area contributed by atoms with Crippen LogP contribution in [0.4, 0.5) is 4.39 Å². The van der Waals surface area contributed by atoms with Crippen LogP contribution in [0, 0.1) is 25.6 Å². The van der Waals surface area contributed by atoms with Crippen molar-refractivity contribution in [2.75, 3.05) is 6.54 Å². The largest absolute Gasteiger partial charge is 0.349 e. The van der Waals surface area contributed by atoms with Gasteiger partial charge in [0.15, 0.2) is 0 Å². The number of benzene rings is 1. The van der Waals surface area contributed by atoms with E-state index >= 15 is 0 Å². The Balaban J connectivity index is 1.86. The highest BCUT2D eigenvalue weighted by Gasteiger charge is 2.29. The zero-order chi connectivity index (χ0) is 17.3. The van der Waals surface area contributed by atoms with Crippen LogP contribution >= 0.6 is 0 Å². The van der Waals surface area contributed by atoms with Crippen LogP contribution in [0.25, 0.3) is 5.69 Å². The van der Waals surface area contributed by atoms with Gasteiger partial charge in [0.2, 0.25) is 0 Å². The third-order valence-corrected chi connectivity index (χ3v) is 4.87. The number of nitrogens with one attached hydrogen (secondary N) is 1. The maximum atomic E-state index is 13.1. The monoisotopic (exact) mass is 330 g/mol. The molecular weight excluding hydrogens is 307 g/mol. The molecule has 1 aromatic carbocycles. The van der Waals surface area contributed by atoms with E-state index in [2.05, 4.69) is 10.4 Å². The lowest BCUT2D eigenvalue weighted by molar-refractivity contribution is 0.0927. The highest BCUT2D eigenvalue weighted by Crippen LogP contribution is 2.26. The molecule has 0 spiro atoms. The first kappa shape index (κ1) is 16.6. The fraction of sp³-hybridized carbons (Fsp3) is 0.444. The van der Waals surface area contributed by atoms with Gasteiger partial charge in [-0.05, 0) is 63.4 Å². The topological polar surface area (TPSA) is 72.9 Å². The van der Waals surface area contributed by atoms with Gasteiger partial charge in [-0.25, -0.2) is 9.07 Å². The predicted molar refractivity (Wildman–Crippen MR) is 90.6 cm³/mol. The van der Waals surface area contributed by atoms with Crippen LogP contribution in [0.15, 0.2) is 24.3 Å². The van der Waals surface area contributed by atoms with Crippen molar-refractivity contribution in [3.8, 4) is 5.69 Å². The Morgan fingerprint density at radius 3 is 2.71 bits per heavy atom. The van der Waals surface area contributed by atoms with E-state index in [1.165, 1.54) is 12.1 Å². The summed E-state index contributed by atoms with van der Waals surface area (Å²) in [4.78, 5) is 12.7. The lowest BCUT2D eigenvalue weighted by Gasteiger charge is -2.19. The lowest BCUT2D eigenvalue weighted by atomic mass is 10.0. The minimum absolute atomic E-state index is 0.108. The Morgan fingerprint density at radius 2 is 2.04 bits per heavy atom. The first-order valence-corrected chi connectivity index (χ1v) is 8.34. The molecular formula is C18H23FN4O. The second kappa shape index (κ2) is 6.73. The molecule has 0 saturated heterocycles. The number of aromatic nitrogens is 2. The van der Waals surface area contributed by atoms with Gasteiger partial charge in [-0.15, -0.1) is 0 Å². The molecule has 2 aromatic rings. The molecule has 5 nitrogen and oxygen atoms in total. The Kier molecular flexibility index (Phi) is 4.66. The summed E-state index contributed by atoms with van der Waals surface area (Å²) in [5.41, 5.74) is 8.52. The third-order valence-electron chi connectivity index (χ3n) is 4.87. The smallest absolute Gasteiger partial charge is 0.255 e. The fourth-order valence-electron chi connectivity index (χ4n) is 3.55. The number of hydrogen-bond acceptors (Lipinski definition) is 3. The number of hydrogen-bond donors (Lipinski definition) is 2. The van der Waals surface area contributed by atoms with Crippen LogP contribution in [0.2, 0.25) is 0 Å². The summed E-state index contributed by atoms with van der Waals surface area (Å²) in [6.07, 6.45) is 3.13. The van der Waals surface area contributed by atoms with Crippen molar-refractivity contribution in [1.82, 2.24) is 15.1 Å². The zero-order valence-electron chi connectivity index (χ0n) is 14.1. The van der Waals surface area contributed by atoms with Crippen molar-refractivity contribution in [3.63, 3.8) is 0 Å². The van der Waals surface area contributed by atoms with Crippen molar-refractivity contribution in [2.24, 2.45) is 11.7 Å². The SMILES string of the molecule is Cc1nn(-c2ccc(F)cc2)c(C)c1C(=O)NC1CCCC1CN. The molecule has 0 bridgehead atoms. The van der Waals surface area contributed by atoms with Crippen molar-refractivity contribution in [3.05, 3.63) is 47.0 Å². The maximum Gasteiger partial charge on any atom is 0.255 e. The quantitative estimate of drug-likeness (QED) is 0.904. The van der Waals surface area contributed by atoms with E-state index in [9.17, 15) is 9.18 Å². The zero-order valence-corrected chi connectivity index (χ0v) is 14.1. The second-order valence-electron chi connectivity index (χ2n) is 6.44. The minimum atomic E-state index is -0.299. The van der Waals surface area contributed by atoms with Gasteiger partial charge in [0.1, 0.15) is 5.82 Å². The summed E-state index contributed by atoms with van der Waals surface area (Å²) in [5.74, 6) is -0.0577. The molecule has 2 atom stereocenters. The average molecular weight is 330 g/mol. The van der Waals surface area contributed by atoms with Crippen LogP contribution in [-0.2, 0) is 0 Å². The van der Waals surface area contributed by atoms with Crippen LogP contribution in [0.5, 0.6) is 0 Å². The van der Waals surface area contributed by atoms with Crippen molar-refractivity contribution >= 4 is 5.91 Å². The van der Waals surface area contributed by atoms with E-state index in [-0.39, 0.29) is 17.8 Å². The van der Waals surface area contributed by atoms with E-state index < -0.39 is 0 Å². The van der Waals surface area contributed by atoms with Crippen molar-refractivity contribution in [2.45, 2.75) is 39.2 Å². The minimum Gasteiger partial charge on any atom is -0.349 e. The Labute approximate surface area is 141 Å². The Bertz CT molecular complexity index is 738. The molecule has 2 unspecified atom stereocenters. The van der Waals surface area contributed by atoms with E-state index in [1.807, 2.05) is 13.8 Å². The highest BCUT2D eigenvalue weighted by atomic mass is 19.1. The Morgan fingerprint density at radius 1 is 1.33 bits per heavy atom. The molecule has 128 valence electrons. The summed E-state index contributed by atoms with van der Waals surface area (Å²) in [7, 11) is 0. The van der Waals surface area contributed by atoms with Gasteiger partial charge >= 0.3 is 0 Å². The van der Waals surface area contributed by atoms with Crippen LogP contribution in [0.1, 0.15) is 41.0 Å². The number of nitrogens with zero attached hydrogens (tertiary/aromatic N) is 2. The van der Waals surface area contributed by atoms with E-state index in [4.69, 9.17) is 5.73 Å². The van der Waals surface area contributed by atoms with Gasteiger partial charge in [0.05, 0.1) is 22.6 Å². The normalized spacial score (nSPS) is 20.3. The van der Waals surface area contributed by atoms with Crippen LogP contribution in [-0.4, -0.2) is 28.3 Å². The summed E-state index contributed by atoms with van der Waals surface area (Å²) in [5, 5.41) is 7.57. The maximum absolute atomic E-state index is 13.1. The van der Waals surface area contributed by atoms with Gasteiger partial charge in [-0.1, -0.05) is 6.42 Å². The molecule has 3 N–H and O–H groups in total. The van der Waals surface area contributed by atoms with Gasteiger partial charge in [0, 0.05) is 6.04 Å². The number of carbonyl (C=O) groups is 1. The van der Waals surface area contributed by atoms with Gasteiger partial charge in [-0.3, -0.25) is 4.79 Å². The third kappa shape index (κ3) is 3.06. The summed E-state index contributed by atoms with van der Waals surface area (Å²) in [6.45, 7) is 4.27. The molecule has 1 saturated carbocycles. The van der Waals surface area contributed by atoms with Crippen LogP contribution < -0.4 is 11.1 Å². The highest BCUT2D eigenvalue weighted by molar-refractivity contribution is 5.96. The molecule has 0 radical (unpaired) electrons. The molecule has 0 aliphatic heterocycles. The molecule has 3 rings (SSSR count). The molecule has 1 fully saturated rings. The Hall–Kier alpha value is -2.21. The predicted octanol–water partition coefficient (Wildman–Crippen LogP) is 2.49. The standard InChI is InChI=1S/C18H23FN4O/c1-11-17(18(24)21-16-5-3-4-13(16)10-20)12(2)23(22-11)15-8-6-14(19)7-9-15/h6-9,13,16H,3-5,10,20H2,1-2H3,(H,21,24). The fourth-order valence-corrected chi connectivity index (χ4v) is 3.55. The molecule has 6 heteroatoms. The van der Waals surface area contributed by atoms with E-state index in [1.54, 1.807) is 16.8 Å². The number of halogens is 1. The van der Waals surface area contributed by atoms with Gasteiger partial charge in [-0.2, -0.15) is 5.10 Å². The van der Waals surface area contributed by atoms with E-state index in [0.29, 0.717) is 23.7 Å². The average Bonchev–Trinajstić information content (AvgIpc) is 3.12. The second-order valence-corrected chi connectivity index (χ2v) is 6.44. The molecule has 1 aliphatic rings. The van der Waals surface area contributed by atoms with Crippen LogP contribution in [0.3, 0.4) is 0 Å². The summed E-state index contributed by atoms with van der Waals surface area (Å²) in [6, 6.07) is 6.21. The molecule has 1 heterocycles. The first-order valence-electron chi connectivity index (χ1n) is 8.34. The molecule has 1 aliphatic carbocycles. The number of amides is 1.